The van der Waals surface area contributed by atoms with Gasteiger partial charge in [0.1, 0.15) is 0 Å². The van der Waals surface area contributed by atoms with Crippen molar-refractivity contribution in [3.05, 3.63) is 0 Å². The standard InChI is InChI=1S/C17H37NO3S.H2O/c1-4-5-6-7-8-9-10-11-12-14-17(2,3)18-15-13-16-22(19,20)21;/h18H,4-16H2,1-3H3,(H,19,20,21);1H2. The van der Waals surface area contributed by atoms with Crippen molar-refractivity contribution in [2.75, 3.05) is 12.3 Å². The van der Waals surface area contributed by atoms with E-state index in [0.717, 1.165) is 6.42 Å². The molecule has 142 valence electrons. The van der Waals surface area contributed by atoms with Crippen LogP contribution < -0.4 is 5.32 Å². The fourth-order valence-electron chi connectivity index (χ4n) is 2.65. The van der Waals surface area contributed by atoms with E-state index in [0.29, 0.717) is 13.0 Å². The molecule has 0 rings (SSSR count). The quantitative estimate of drug-likeness (QED) is 0.346. The third-order valence-corrected chi connectivity index (χ3v) is 4.89. The highest BCUT2D eigenvalue weighted by molar-refractivity contribution is 7.85. The molecular weight excluding hydrogens is 314 g/mol. The fourth-order valence-corrected chi connectivity index (χ4v) is 3.16. The van der Waals surface area contributed by atoms with Crippen molar-refractivity contribution in [2.24, 2.45) is 0 Å². The van der Waals surface area contributed by atoms with Gasteiger partial charge < -0.3 is 10.8 Å². The third-order valence-electron chi connectivity index (χ3n) is 4.09. The average molecular weight is 354 g/mol. The maximum atomic E-state index is 10.6. The first-order valence-corrected chi connectivity index (χ1v) is 10.6. The first-order chi connectivity index (χ1) is 10.3. The van der Waals surface area contributed by atoms with E-state index >= 15 is 0 Å². The maximum Gasteiger partial charge on any atom is 0.264 e. The Balaban J connectivity index is 0. The van der Waals surface area contributed by atoms with Gasteiger partial charge in [-0.2, -0.15) is 8.42 Å². The number of unbranched alkanes of at least 4 members (excludes halogenated alkanes) is 8. The van der Waals surface area contributed by atoms with Crippen LogP contribution in [0.5, 0.6) is 0 Å². The molecule has 0 heterocycles. The molecule has 0 aliphatic rings. The zero-order valence-electron chi connectivity index (χ0n) is 15.4. The predicted molar refractivity (Wildman–Crippen MR) is 98.6 cm³/mol. The number of nitrogens with one attached hydrogen (secondary N) is 1. The molecule has 0 aromatic heterocycles. The average Bonchev–Trinajstić information content (AvgIpc) is 2.41. The summed E-state index contributed by atoms with van der Waals surface area (Å²) < 4.78 is 30.0. The molecule has 5 nitrogen and oxygen atoms in total. The molecule has 0 aliphatic heterocycles. The van der Waals surface area contributed by atoms with Gasteiger partial charge in [0.2, 0.25) is 0 Å². The topological polar surface area (TPSA) is 97.9 Å². The Hall–Kier alpha value is -0.170. The van der Waals surface area contributed by atoms with Gasteiger partial charge in [-0.15, -0.1) is 0 Å². The van der Waals surface area contributed by atoms with Crippen LogP contribution in [0.2, 0.25) is 0 Å². The van der Waals surface area contributed by atoms with Crippen LogP contribution >= 0.6 is 0 Å². The summed E-state index contributed by atoms with van der Waals surface area (Å²) in [6.07, 6.45) is 13.6. The van der Waals surface area contributed by atoms with Gasteiger partial charge in [-0.25, -0.2) is 0 Å². The van der Waals surface area contributed by atoms with E-state index in [2.05, 4.69) is 26.1 Å². The van der Waals surface area contributed by atoms with E-state index in [-0.39, 0.29) is 16.8 Å². The molecule has 0 saturated carbocycles. The summed E-state index contributed by atoms with van der Waals surface area (Å²) in [4.78, 5) is 0. The summed E-state index contributed by atoms with van der Waals surface area (Å²) >= 11 is 0. The minimum absolute atomic E-state index is 0. The van der Waals surface area contributed by atoms with Crippen LogP contribution in [0.15, 0.2) is 0 Å². The van der Waals surface area contributed by atoms with Crippen molar-refractivity contribution in [3.8, 4) is 0 Å². The van der Waals surface area contributed by atoms with Crippen LogP contribution in [0.25, 0.3) is 0 Å². The molecule has 23 heavy (non-hydrogen) atoms. The maximum absolute atomic E-state index is 10.6. The Morgan fingerprint density at radius 3 is 1.83 bits per heavy atom. The Morgan fingerprint density at radius 1 is 0.870 bits per heavy atom. The summed E-state index contributed by atoms with van der Waals surface area (Å²) in [5.74, 6) is -0.159. The second kappa shape index (κ2) is 14.2. The second-order valence-electron chi connectivity index (χ2n) is 7.03. The van der Waals surface area contributed by atoms with E-state index in [1.165, 1.54) is 57.8 Å². The lowest BCUT2D eigenvalue weighted by atomic mass is 9.96. The van der Waals surface area contributed by atoms with Crippen molar-refractivity contribution in [2.45, 2.75) is 96.9 Å². The molecule has 0 fully saturated rings. The largest absolute Gasteiger partial charge is 0.412 e. The Morgan fingerprint density at radius 2 is 1.35 bits per heavy atom. The lowest BCUT2D eigenvalue weighted by Crippen LogP contribution is -2.40. The van der Waals surface area contributed by atoms with E-state index in [1.807, 2.05) is 0 Å². The molecule has 0 aromatic carbocycles. The van der Waals surface area contributed by atoms with Gasteiger partial charge in [-0.1, -0.05) is 64.7 Å². The monoisotopic (exact) mass is 353 g/mol. The lowest BCUT2D eigenvalue weighted by molar-refractivity contribution is 0.347. The summed E-state index contributed by atoms with van der Waals surface area (Å²) in [6, 6.07) is 0. The first-order valence-electron chi connectivity index (χ1n) is 8.97. The number of hydrogen-bond acceptors (Lipinski definition) is 3. The molecule has 0 unspecified atom stereocenters. The SMILES string of the molecule is CCCCCCCCCCCC(C)(C)NCCCS(=O)(=O)O.O. The summed E-state index contributed by atoms with van der Waals surface area (Å²) in [6.45, 7) is 7.19. The van der Waals surface area contributed by atoms with Crippen molar-refractivity contribution < 1.29 is 18.4 Å². The molecule has 0 amide bonds. The Kier molecular flexibility index (Phi) is 15.5. The molecule has 4 N–H and O–H groups in total. The Bertz CT molecular complexity index is 356. The minimum atomic E-state index is -3.82. The van der Waals surface area contributed by atoms with E-state index in [1.54, 1.807) is 0 Å². The highest BCUT2D eigenvalue weighted by Crippen LogP contribution is 2.16. The molecule has 0 aromatic rings. The number of hydrogen-bond donors (Lipinski definition) is 2. The van der Waals surface area contributed by atoms with Gasteiger partial charge in [-0.05, 0) is 33.2 Å². The van der Waals surface area contributed by atoms with Crippen molar-refractivity contribution in [3.63, 3.8) is 0 Å². The van der Waals surface area contributed by atoms with Crippen LogP contribution in [0, 0.1) is 0 Å². The van der Waals surface area contributed by atoms with Gasteiger partial charge in [0, 0.05) is 5.54 Å². The summed E-state index contributed by atoms with van der Waals surface area (Å²) in [7, 11) is -3.82. The Labute approximate surface area is 143 Å². The van der Waals surface area contributed by atoms with Gasteiger partial charge in [0.15, 0.2) is 0 Å². The van der Waals surface area contributed by atoms with E-state index in [9.17, 15) is 8.42 Å². The highest BCUT2D eigenvalue weighted by atomic mass is 32.2. The summed E-state index contributed by atoms with van der Waals surface area (Å²) in [5.41, 5.74) is 0.0420. The minimum Gasteiger partial charge on any atom is -0.412 e. The van der Waals surface area contributed by atoms with Gasteiger partial charge in [-0.3, -0.25) is 4.55 Å². The van der Waals surface area contributed by atoms with Crippen LogP contribution in [0.1, 0.15) is 91.4 Å². The zero-order chi connectivity index (χ0) is 16.9. The van der Waals surface area contributed by atoms with E-state index in [4.69, 9.17) is 4.55 Å². The van der Waals surface area contributed by atoms with Gasteiger partial charge in [0.25, 0.3) is 10.1 Å². The predicted octanol–water partition coefficient (Wildman–Crippen LogP) is 3.73. The molecule has 0 bridgehead atoms. The normalized spacial score (nSPS) is 12.2. The first kappa shape index (κ1) is 25.1. The molecular formula is C17H39NO4S. The molecule has 0 atom stereocenters. The zero-order valence-corrected chi connectivity index (χ0v) is 16.2. The molecule has 0 aliphatic carbocycles. The smallest absolute Gasteiger partial charge is 0.264 e. The molecule has 0 spiro atoms. The molecule has 0 radical (unpaired) electrons. The molecule has 6 heteroatoms. The van der Waals surface area contributed by atoms with Crippen LogP contribution in [0.3, 0.4) is 0 Å². The van der Waals surface area contributed by atoms with Crippen LogP contribution in [0.4, 0.5) is 0 Å². The second-order valence-corrected chi connectivity index (χ2v) is 8.60. The van der Waals surface area contributed by atoms with Crippen molar-refractivity contribution in [1.29, 1.82) is 0 Å². The van der Waals surface area contributed by atoms with Gasteiger partial charge >= 0.3 is 0 Å². The van der Waals surface area contributed by atoms with Crippen molar-refractivity contribution >= 4 is 10.1 Å². The highest BCUT2D eigenvalue weighted by Gasteiger charge is 2.16. The summed E-state index contributed by atoms with van der Waals surface area (Å²) in [5, 5.41) is 3.38. The van der Waals surface area contributed by atoms with Crippen LogP contribution in [-0.4, -0.2) is 36.3 Å². The molecule has 0 saturated heterocycles. The van der Waals surface area contributed by atoms with E-state index < -0.39 is 10.1 Å². The fraction of sp³-hybridized carbons (Fsp3) is 1.00. The van der Waals surface area contributed by atoms with Gasteiger partial charge in [0.05, 0.1) is 5.75 Å². The lowest BCUT2D eigenvalue weighted by Gasteiger charge is -2.26. The van der Waals surface area contributed by atoms with Crippen molar-refractivity contribution in [1.82, 2.24) is 5.32 Å². The number of rotatable bonds is 15. The third kappa shape index (κ3) is 19.8. The van der Waals surface area contributed by atoms with Crippen LogP contribution in [-0.2, 0) is 10.1 Å².